The standard InChI is InChI=1S/C10H7N.CH3.Ir.Y/c1-2-5-9(6-3-1)10-7-4-8-11-10;;;/h1-5,7-8H;1H3;;/q-2;-1;+3;. The number of rotatable bonds is 1. The summed E-state index contributed by atoms with van der Waals surface area (Å²) >= 11 is 0. The van der Waals surface area contributed by atoms with E-state index in [2.05, 4.69) is 11.1 Å². The van der Waals surface area contributed by atoms with E-state index in [1.165, 1.54) is 0 Å². The molecule has 1 nitrogen and oxygen atoms in total. The molecule has 0 saturated heterocycles. The van der Waals surface area contributed by atoms with Gasteiger partial charge in [0.25, 0.3) is 0 Å². The molecule has 2 aromatic rings. The zero-order chi connectivity index (χ0) is 7.52. The van der Waals surface area contributed by atoms with Gasteiger partial charge >= 0.3 is 20.1 Å². The van der Waals surface area contributed by atoms with Crippen LogP contribution >= 0.6 is 0 Å². The van der Waals surface area contributed by atoms with E-state index in [0.717, 1.165) is 11.3 Å². The maximum atomic E-state index is 4.16. The Morgan fingerprint density at radius 1 is 1.07 bits per heavy atom. The number of benzene rings is 1. The van der Waals surface area contributed by atoms with Crippen LogP contribution in [0.1, 0.15) is 0 Å². The first kappa shape index (κ1) is 16.7. The van der Waals surface area contributed by atoms with Crippen molar-refractivity contribution in [3.8, 4) is 11.3 Å². The zero-order valence-electron chi connectivity index (χ0n) is 7.90. The Labute approximate surface area is 124 Å². The minimum absolute atomic E-state index is 0. The summed E-state index contributed by atoms with van der Waals surface area (Å²) in [6, 6.07) is 14.8. The Morgan fingerprint density at radius 3 is 2.36 bits per heavy atom. The minimum Gasteiger partial charge on any atom is -0.708 e. The molecule has 0 aliphatic heterocycles. The first-order chi connectivity index (χ1) is 5.47. The molecule has 1 aromatic heterocycles. The van der Waals surface area contributed by atoms with Crippen molar-refractivity contribution in [3.05, 3.63) is 56.1 Å². The maximum Gasteiger partial charge on any atom is 3.00 e. The van der Waals surface area contributed by atoms with Crippen molar-refractivity contribution in [2.24, 2.45) is 0 Å². The fourth-order valence-electron chi connectivity index (χ4n) is 1.01. The quantitative estimate of drug-likeness (QED) is 0.626. The van der Waals surface area contributed by atoms with E-state index < -0.39 is 0 Å². The average molecular weight is 437 g/mol. The van der Waals surface area contributed by atoms with Gasteiger partial charge in [-0.05, 0) is 0 Å². The van der Waals surface area contributed by atoms with Crippen LogP contribution in [0.5, 0.6) is 0 Å². The van der Waals surface area contributed by atoms with E-state index in [0.29, 0.717) is 0 Å². The van der Waals surface area contributed by atoms with E-state index in [-0.39, 0.29) is 60.2 Å². The van der Waals surface area contributed by atoms with Crippen molar-refractivity contribution < 1.29 is 52.8 Å². The Hall–Kier alpha value is 0.253. The molecular formula is C11H10IrNY. The third-order valence-electron chi connectivity index (χ3n) is 1.54. The summed E-state index contributed by atoms with van der Waals surface area (Å²) < 4.78 is 0. The van der Waals surface area contributed by atoms with E-state index in [4.69, 9.17) is 0 Å². The van der Waals surface area contributed by atoms with Crippen molar-refractivity contribution in [1.82, 2.24) is 4.98 Å². The average Bonchev–Trinajstić information content (AvgIpc) is 2.58. The van der Waals surface area contributed by atoms with E-state index in [9.17, 15) is 0 Å². The molecule has 71 valence electrons. The molecule has 2 rings (SSSR count). The molecule has 1 radical (unpaired) electrons. The normalized spacial score (nSPS) is 7.71. The van der Waals surface area contributed by atoms with Gasteiger partial charge in [-0.2, -0.15) is 11.8 Å². The molecule has 1 heterocycles. The summed E-state index contributed by atoms with van der Waals surface area (Å²) in [5.41, 5.74) is 2.04. The second-order valence-electron chi connectivity index (χ2n) is 2.30. The van der Waals surface area contributed by atoms with Crippen molar-refractivity contribution in [3.63, 3.8) is 0 Å². The molecule has 0 aliphatic carbocycles. The van der Waals surface area contributed by atoms with Crippen molar-refractivity contribution in [2.75, 3.05) is 0 Å². The smallest absolute Gasteiger partial charge is 0.708 e. The summed E-state index contributed by atoms with van der Waals surface area (Å²) in [4.78, 5) is 4.16. The van der Waals surface area contributed by atoms with Crippen LogP contribution in [-0.2, 0) is 52.8 Å². The Morgan fingerprint density at radius 2 is 1.86 bits per heavy atom. The predicted octanol–water partition coefficient (Wildman–Crippen LogP) is 2.56. The van der Waals surface area contributed by atoms with Gasteiger partial charge in [0.05, 0.1) is 0 Å². The van der Waals surface area contributed by atoms with Gasteiger partial charge in [0.1, 0.15) is 0 Å². The molecule has 0 spiro atoms. The summed E-state index contributed by atoms with van der Waals surface area (Å²) in [6.45, 7) is 0. The number of hydrogen-bond acceptors (Lipinski definition) is 0. The first-order valence-corrected chi connectivity index (χ1v) is 3.51. The van der Waals surface area contributed by atoms with E-state index in [1.54, 1.807) is 6.20 Å². The third kappa shape index (κ3) is 4.19. The molecule has 14 heavy (non-hydrogen) atoms. The van der Waals surface area contributed by atoms with Crippen LogP contribution in [0, 0.1) is 13.5 Å². The fraction of sp³-hybridized carbons (Fsp3) is 0. The SMILES string of the molecule is [CH3-].[Ir+3].[Y].[c-]1ccccc1-c1ccc[n-]1. The van der Waals surface area contributed by atoms with Gasteiger partial charge in [-0.25, -0.2) is 5.69 Å². The van der Waals surface area contributed by atoms with Gasteiger partial charge in [-0.3, -0.25) is 0 Å². The van der Waals surface area contributed by atoms with Crippen molar-refractivity contribution in [2.45, 2.75) is 0 Å². The molecule has 0 bridgehead atoms. The Balaban J connectivity index is 0. The minimum atomic E-state index is 0. The molecule has 0 saturated carbocycles. The Bertz CT molecular complexity index is 318. The predicted molar refractivity (Wildman–Crippen MR) is 50.4 cm³/mol. The topological polar surface area (TPSA) is 14.1 Å². The van der Waals surface area contributed by atoms with Crippen LogP contribution in [0.15, 0.2) is 42.6 Å². The van der Waals surface area contributed by atoms with Crippen molar-refractivity contribution >= 4 is 0 Å². The molecule has 1 aromatic carbocycles. The Kier molecular flexibility index (Phi) is 10.2. The van der Waals surface area contributed by atoms with Crippen LogP contribution < -0.4 is 4.98 Å². The van der Waals surface area contributed by atoms with E-state index in [1.807, 2.05) is 36.4 Å². The molecule has 0 fully saturated rings. The summed E-state index contributed by atoms with van der Waals surface area (Å²) in [6.07, 6.45) is 1.79. The van der Waals surface area contributed by atoms with Gasteiger partial charge in [0.15, 0.2) is 0 Å². The number of nitrogens with zero attached hydrogens (tertiary/aromatic N) is 1. The van der Waals surface area contributed by atoms with Gasteiger partial charge < -0.3 is 12.4 Å². The molecule has 0 N–H and O–H groups in total. The number of hydrogen-bond donors (Lipinski definition) is 0. The van der Waals surface area contributed by atoms with E-state index >= 15 is 0 Å². The van der Waals surface area contributed by atoms with Gasteiger partial charge in [0.2, 0.25) is 0 Å². The molecule has 0 amide bonds. The van der Waals surface area contributed by atoms with Crippen molar-refractivity contribution in [1.29, 1.82) is 0 Å². The molecular weight excluding hydrogens is 427 g/mol. The van der Waals surface area contributed by atoms with Gasteiger partial charge in [-0.1, -0.05) is 6.07 Å². The fourth-order valence-corrected chi connectivity index (χ4v) is 1.01. The van der Waals surface area contributed by atoms with Crippen LogP contribution in [-0.4, -0.2) is 0 Å². The second-order valence-corrected chi connectivity index (χ2v) is 2.30. The molecule has 0 unspecified atom stereocenters. The molecule has 3 heteroatoms. The zero-order valence-corrected chi connectivity index (χ0v) is 13.1. The maximum absolute atomic E-state index is 4.16. The van der Waals surface area contributed by atoms with Gasteiger partial charge in [0, 0.05) is 32.7 Å². The van der Waals surface area contributed by atoms with Crippen LogP contribution in [0.25, 0.3) is 11.3 Å². The summed E-state index contributed by atoms with van der Waals surface area (Å²) in [7, 11) is 0. The molecule has 0 aliphatic rings. The summed E-state index contributed by atoms with van der Waals surface area (Å²) in [5.74, 6) is 0. The largest absolute Gasteiger partial charge is 3.00 e. The van der Waals surface area contributed by atoms with Crippen LogP contribution in [0.4, 0.5) is 0 Å². The van der Waals surface area contributed by atoms with Gasteiger partial charge in [-0.15, -0.1) is 36.4 Å². The second kappa shape index (κ2) is 8.55. The van der Waals surface area contributed by atoms with Crippen LogP contribution in [0.2, 0.25) is 0 Å². The third-order valence-corrected chi connectivity index (χ3v) is 1.54. The molecule has 0 atom stereocenters. The first-order valence-electron chi connectivity index (χ1n) is 3.51. The summed E-state index contributed by atoms with van der Waals surface area (Å²) in [5, 5.41) is 0. The monoisotopic (exact) mass is 438 g/mol. The van der Waals surface area contributed by atoms with Crippen LogP contribution in [0.3, 0.4) is 0 Å². The number of aromatic nitrogens is 1.